The number of rotatable bonds is 4. The van der Waals surface area contributed by atoms with Gasteiger partial charge in [-0.3, -0.25) is 14.9 Å². The Bertz CT molecular complexity index is 965. The van der Waals surface area contributed by atoms with Crippen molar-refractivity contribution in [3.8, 4) is 11.5 Å². The highest BCUT2D eigenvalue weighted by atomic mass is 16.5. The number of hydrogen-bond donors (Lipinski definition) is 2. The summed E-state index contributed by atoms with van der Waals surface area (Å²) in [5.74, 6) is -1.31. The molecule has 0 atom stereocenters. The molecule has 7 heteroatoms. The number of anilines is 1. The van der Waals surface area contributed by atoms with Crippen LogP contribution in [-0.2, 0) is 9.59 Å². The summed E-state index contributed by atoms with van der Waals surface area (Å²) in [5, 5.41) is 12.0. The van der Waals surface area contributed by atoms with E-state index in [4.69, 9.17) is 4.74 Å². The van der Waals surface area contributed by atoms with Crippen molar-refractivity contribution >= 4 is 29.6 Å². The van der Waals surface area contributed by atoms with Gasteiger partial charge in [0.25, 0.3) is 11.8 Å². The molecule has 0 aliphatic carbocycles. The summed E-state index contributed by atoms with van der Waals surface area (Å²) in [5.41, 5.74) is 1.53. The Morgan fingerprint density at radius 3 is 2.63 bits per heavy atom. The summed E-state index contributed by atoms with van der Waals surface area (Å²) in [6.07, 6.45) is 1.36. The molecule has 7 nitrogen and oxygen atoms in total. The zero-order valence-corrected chi connectivity index (χ0v) is 14.9. The van der Waals surface area contributed by atoms with Gasteiger partial charge in [0.05, 0.1) is 12.3 Å². The van der Waals surface area contributed by atoms with E-state index in [-0.39, 0.29) is 17.1 Å². The number of benzene rings is 2. The molecule has 0 aromatic heterocycles. The fourth-order valence-corrected chi connectivity index (χ4v) is 2.72. The van der Waals surface area contributed by atoms with Crippen LogP contribution in [0.25, 0.3) is 6.08 Å². The number of ether oxygens (including phenoxy) is 1. The largest absolute Gasteiger partial charge is 0.504 e. The number of amides is 4. The van der Waals surface area contributed by atoms with Gasteiger partial charge in [0.15, 0.2) is 11.5 Å². The number of imide groups is 2. The van der Waals surface area contributed by atoms with Gasteiger partial charge in [-0.25, -0.2) is 9.69 Å². The lowest BCUT2D eigenvalue weighted by molar-refractivity contribution is -0.122. The molecule has 0 unspecified atom stereocenters. The molecule has 0 saturated carbocycles. The summed E-state index contributed by atoms with van der Waals surface area (Å²) in [6, 6.07) is 10.5. The number of urea groups is 1. The van der Waals surface area contributed by atoms with Crippen LogP contribution in [0.2, 0.25) is 0 Å². The van der Waals surface area contributed by atoms with Crippen LogP contribution in [0.4, 0.5) is 10.5 Å². The molecule has 2 aromatic carbocycles. The molecule has 0 bridgehead atoms. The summed E-state index contributed by atoms with van der Waals surface area (Å²) < 4.78 is 5.31. The van der Waals surface area contributed by atoms with E-state index in [1.54, 1.807) is 31.2 Å². The Balaban J connectivity index is 2.00. The lowest BCUT2D eigenvalue weighted by atomic mass is 10.1. The van der Waals surface area contributed by atoms with Gasteiger partial charge < -0.3 is 9.84 Å². The van der Waals surface area contributed by atoms with Crippen LogP contribution in [0.3, 0.4) is 0 Å². The third kappa shape index (κ3) is 3.67. The number of aryl methyl sites for hydroxylation is 1. The van der Waals surface area contributed by atoms with E-state index in [0.29, 0.717) is 17.9 Å². The maximum Gasteiger partial charge on any atom is 0.335 e. The number of barbiturate groups is 1. The van der Waals surface area contributed by atoms with E-state index in [2.05, 4.69) is 5.32 Å². The van der Waals surface area contributed by atoms with Crippen molar-refractivity contribution in [1.82, 2.24) is 5.32 Å². The summed E-state index contributed by atoms with van der Waals surface area (Å²) in [6.45, 7) is 3.96. The lowest BCUT2D eigenvalue weighted by Crippen LogP contribution is -2.54. The fourth-order valence-electron chi connectivity index (χ4n) is 2.72. The van der Waals surface area contributed by atoms with E-state index in [9.17, 15) is 19.5 Å². The number of carbonyl (C=O) groups excluding carboxylic acids is 3. The standard InChI is InChI=1S/C20H18N2O5/c1-3-27-17-11-13(7-8-16(17)23)10-15-18(24)21-20(26)22(19(15)25)14-6-4-5-12(2)9-14/h4-11,23H,3H2,1-2H3,(H,21,24,26)/b15-10+. The first-order valence-electron chi connectivity index (χ1n) is 8.34. The second-order valence-electron chi connectivity index (χ2n) is 5.96. The van der Waals surface area contributed by atoms with Gasteiger partial charge in [-0.05, 0) is 55.3 Å². The number of phenolic OH excluding ortho intramolecular Hbond substituents is 1. The minimum atomic E-state index is -0.798. The van der Waals surface area contributed by atoms with Crippen molar-refractivity contribution in [2.75, 3.05) is 11.5 Å². The van der Waals surface area contributed by atoms with Gasteiger partial charge in [-0.2, -0.15) is 0 Å². The Morgan fingerprint density at radius 2 is 1.93 bits per heavy atom. The molecule has 1 aliphatic rings. The zero-order valence-electron chi connectivity index (χ0n) is 14.9. The van der Waals surface area contributed by atoms with Crippen molar-refractivity contribution in [3.05, 3.63) is 59.2 Å². The highest BCUT2D eigenvalue weighted by molar-refractivity contribution is 6.39. The first kappa shape index (κ1) is 18.2. The number of aromatic hydroxyl groups is 1. The van der Waals surface area contributed by atoms with Crippen LogP contribution in [0, 0.1) is 6.92 Å². The Labute approximate surface area is 155 Å². The molecule has 3 rings (SSSR count). The minimum Gasteiger partial charge on any atom is -0.504 e. The Morgan fingerprint density at radius 1 is 1.15 bits per heavy atom. The molecule has 27 heavy (non-hydrogen) atoms. The number of phenols is 1. The molecular weight excluding hydrogens is 348 g/mol. The van der Waals surface area contributed by atoms with Gasteiger partial charge in [-0.1, -0.05) is 18.2 Å². The third-order valence-electron chi connectivity index (χ3n) is 3.96. The molecule has 4 amide bonds. The SMILES string of the molecule is CCOc1cc(/C=C2\C(=O)NC(=O)N(c3cccc(C)c3)C2=O)ccc1O. The molecule has 2 N–H and O–H groups in total. The van der Waals surface area contributed by atoms with Gasteiger partial charge >= 0.3 is 6.03 Å². The first-order valence-corrected chi connectivity index (χ1v) is 8.34. The van der Waals surface area contributed by atoms with Gasteiger partial charge in [-0.15, -0.1) is 0 Å². The van der Waals surface area contributed by atoms with Crippen molar-refractivity contribution in [1.29, 1.82) is 0 Å². The first-order chi connectivity index (χ1) is 12.9. The number of nitrogens with zero attached hydrogens (tertiary/aromatic N) is 1. The van der Waals surface area contributed by atoms with Crippen molar-refractivity contribution in [2.24, 2.45) is 0 Å². The number of nitrogens with one attached hydrogen (secondary N) is 1. The van der Waals surface area contributed by atoms with Crippen molar-refractivity contribution < 1.29 is 24.2 Å². The van der Waals surface area contributed by atoms with Crippen LogP contribution in [0.15, 0.2) is 48.0 Å². The number of carbonyl (C=O) groups is 3. The normalized spacial score (nSPS) is 15.9. The van der Waals surface area contributed by atoms with E-state index in [1.165, 1.54) is 18.2 Å². The van der Waals surface area contributed by atoms with Gasteiger partial charge in [0.2, 0.25) is 0 Å². The van der Waals surface area contributed by atoms with Crippen LogP contribution < -0.4 is 15.0 Å². The molecule has 1 aliphatic heterocycles. The van der Waals surface area contributed by atoms with E-state index in [0.717, 1.165) is 10.5 Å². The predicted molar refractivity (Wildman–Crippen MR) is 99.5 cm³/mol. The number of hydrogen-bond acceptors (Lipinski definition) is 5. The molecule has 2 aromatic rings. The molecule has 0 spiro atoms. The van der Waals surface area contributed by atoms with Gasteiger partial charge in [0, 0.05) is 0 Å². The molecular formula is C20H18N2O5. The van der Waals surface area contributed by atoms with Crippen molar-refractivity contribution in [2.45, 2.75) is 13.8 Å². The van der Waals surface area contributed by atoms with Crippen molar-refractivity contribution in [3.63, 3.8) is 0 Å². The molecule has 1 saturated heterocycles. The maximum absolute atomic E-state index is 12.8. The van der Waals surface area contributed by atoms with Gasteiger partial charge in [0.1, 0.15) is 5.57 Å². The highest BCUT2D eigenvalue weighted by Gasteiger charge is 2.36. The van der Waals surface area contributed by atoms with Crippen LogP contribution in [0.1, 0.15) is 18.1 Å². The van der Waals surface area contributed by atoms with E-state index < -0.39 is 17.8 Å². The smallest absolute Gasteiger partial charge is 0.335 e. The second kappa shape index (κ2) is 7.33. The molecule has 1 fully saturated rings. The zero-order chi connectivity index (χ0) is 19.6. The Kier molecular flexibility index (Phi) is 4.94. The topological polar surface area (TPSA) is 95.9 Å². The van der Waals surface area contributed by atoms with Crippen LogP contribution >= 0.6 is 0 Å². The quantitative estimate of drug-likeness (QED) is 0.641. The molecule has 1 heterocycles. The minimum absolute atomic E-state index is 0.0463. The molecule has 0 radical (unpaired) electrons. The summed E-state index contributed by atoms with van der Waals surface area (Å²) in [7, 11) is 0. The summed E-state index contributed by atoms with van der Waals surface area (Å²) >= 11 is 0. The highest BCUT2D eigenvalue weighted by Crippen LogP contribution is 2.29. The molecule has 138 valence electrons. The average Bonchev–Trinajstić information content (AvgIpc) is 2.61. The summed E-state index contributed by atoms with van der Waals surface area (Å²) in [4.78, 5) is 38.2. The van der Waals surface area contributed by atoms with E-state index in [1.807, 2.05) is 13.0 Å². The van der Waals surface area contributed by atoms with E-state index >= 15 is 0 Å². The van der Waals surface area contributed by atoms with Crippen LogP contribution in [0.5, 0.6) is 11.5 Å². The monoisotopic (exact) mass is 366 g/mol. The average molecular weight is 366 g/mol. The third-order valence-corrected chi connectivity index (χ3v) is 3.96. The Hall–Kier alpha value is -3.61. The maximum atomic E-state index is 12.8. The fraction of sp³-hybridized carbons (Fsp3) is 0.150. The van der Waals surface area contributed by atoms with Crippen LogP contribution in [-0.4, -0.2) is 29.6 Å². The predicted octanol–water partition coefficient (Wildman–Crippen LogP) is 2.77. The second-order valence-corrected chi connectivity index (χ2v) is 5.96. The lowest BCUT2D eigenvalue weighted by Gasteiger charge is -2.26.